The number of hydrogen-bond acceptors (Lipinski definition) is 8. The Balaban J connectivity index is 1.46. The maximum absolute atomic E-state index is 13.8. The molecule has 3 atom stereocenters. The molecular weight excluding hydrogens is 546 g/mol. The summed E-state index contributed by atoms with van der Waals surface area (Å²) >= 11 is 0. The zero-order chi connectivity index (χ0) is 30.6. The smallest absolute Gasteiger partial charge is 0.343 e. The van der Waals surface area contributed by atoms with Crippen molar-refractivity contribution < 1.29 is 19.4 Å². The topological polar surface area (TPSA) is 154 Å². The van der Waals surface area contributed by atoms with Crippen molar-refractivity contribution in [2.45, 2.75) is 96.1 Å². The number of ether oxygens (including phenoxy) is 1. The SMILES string of the molecule is CC[C@@]1(O)C(=O)OCc2c1cc1n(c2=O)Cc2c-1nc1cccc3c1c2C(CN(C(=O)[C@@H](N)CCCCN)C(C)C)CC3. The van der Waals surface area contributed by atoms with E-state index in [1.165, 1.54) is 5.56 Å². The highest BCUT2D eigenvalue weighted by molar-refractivity contribution is 5.92. The fourth-order valence-electron chi connectivity index (χ4n) is 7.19. The van der Waals surface area contributed by atoms with Crippen LogP contribution in [0.3, 0.4) is 0 Å². The minimum Gasteiger partial charge on any atom is -0.458 e. The fourth-order valence-corrected chi connectivity index (χ4v) is 7.19. The van der Waals surface area contributed by atoms with Crippen molar-refractivity contribution in [3.05, 3.63) is 62.4 Å². The molecule has 3 aromatic rings. The number of amides is 1. The van der Waals surface area contributed by atoms with Crippen LogP contribution < -0.4 is 17.0 Å². The van der Waals surface area contributed by atoms with E-state index in [1.807, 2.05) is 30.9 Å². The summed E-state index contributed by atoms with van der Waals surface area (Å²) in [6, 6.07) is 7.26. The molecule has 0 bridgehead atoms. The van der Waals surface area contributed by atoms with E-state index in [-0.39, 0.29) is 36.5 Å². The number of benzene rings is 1. The minimum absolute atomic E-state index is 0.0221. The van der Waals surface area contributed by atoms with Gasteiger partial charge >= 0.3 is 5.97 Å². The molecule has 1 aromatic carbocycles. The molecule has 43 heavy (non-hydrogen) atoms. The van der Waals surface area contributed by atoms with Crippen molar-refractivity contribution in [3.8, 4) is 11.4 Å². The Labute approximate surface area is 251 Å². The predicted molar refractivity (Wildman–Crippen MR) is 163 cm³/mol. The zero-order valence-electron chi connectivity index (χ0n) is 25.2. The number of esters is 1. The van der Waals surface area contributed by atoms with Crippen LogP contribution >= 0.6 is 0 Å². The molecule has 2 aliphatic heterocycles. The Morgan fingerprint density at radius 1 is 1.26 bits per heavy atom. The van der Waals surface area contributed by atoms with Crippen molar-refractivity contribution >= 4 is 22.8 Å². The van der Waals surface area contributed by atoms with Gasteiger partial charge < -0.3 is 30.8 Å². The standard InChI is InChI=1S/C33H41N5O5/c1-4-33(42)23-14-26-29-21(16-38(26)30(39)22(23)17-43-32(33)41)27-20(12-11-19-8-7-10-25(36-29)28(19)27)15-37(18(2)3)31(40)24(35)9-5-6-13-34/h7-8,10,14,18,20,24,42H,4-6,9,11-13,15-17,34-35H2,1-3H3/t20?,24-,33-/m0/s1. The molecular formula is C33H41N5O5. The van der Waals surface area contributed by atoms with Crippen LogP contribution in [0.25, 0.3) is 22.3 Å². The van der Waals surface area contributed by atoms with Gasteiger partial charge in [-0.1, -0.05) is 25.5 Å². The lowest BCUT2D eigenvalue weighted by atomic mass is 9.79. The van der Waals surface area contributed by atoms with Crippen molar-refractivity contribution in [3.63, 3.8) is 0 Å². The molecule has 1 unspecified atom stereocenters. The van der Waals surface area contributed by atoms with Crippen molar-refractivity contribution in [1.82, 2.24) is 14.5 Å². The van der Waals surface area contributed by atoms with E-state index in [0.29, 0.717) is 48.6 Å². The summed E-state index contributed by atoms with van der Waals surface area (Å²) in [5.41, 5.74) is 15.9. The first-order valence-electron chi connectivity index (χ1n) is 15.5. The first-order chi connectivity index (χ1) is 20.6. The Bertz CT molecular complexity index is 1680. The van der Waals surface area contributed by atoms with E-state index in [2.05, 4.69) is 6.07 Å². The van der Waals surface area contributed by atoms with Gasteiger partial charge in [-0.3, -0.25) is 9.59 Å². The van der Waals surface area contributed by atoms with E-state index in [4.69, 9.17) is 21.2 Å². The highest BCUT2D eigenvalue weighted by Crippen LogP contribution is 2.45. The van der Waals surface area contributed by atoms with Crippen LogP contribution in [-0.2, 0) is 39.5 Å². The summed E-state index contributed by atoms with van der Waals surface area (Å²) < 4.78 is 6.93. The molecule has 6 rings (SSSR count). The average molecular weight is 588 g/mol. The van der Waals surface area contributed by atoms with Gasteiger partial charge in [-0.2, -0.15) is 0 Å². The molecule has 4 heterocycles. The van der Waals surface area contributed by atoms with Gasteiger partial charge in [0, 0.05) is 35.0 Å². The molecule has 0 spiro atoms. The molecule has 1 aliphatic carbocycles. The van der Waals surface area contributed by atoms with Crippen LogP contribution in [-0.4, -0.2) is 56.6 Å². The lowest BCUT2D eigenvalue weighted by Gasteiger charge is -2.36. The van der Waals surface area contributed by atoms with E-state index in [0.717, 1.165) is 47.7 Å². The number of carbonyl (C=O) groups excluding carboxylic acids is 2. The molecule has 10 heteroatoms. The number of nitrogens with two attached hydrogens (primary N) is 2. The largest absolute Gasteiger partial charge is 0.458 e. The van der Waals surface area contributed by atoms with E-state index < -0.39 is 17.6 Å². The lowest BCUT2D eigenvalue weighted by Crippen LogP contribution is -2.48. The third-order valence-corrected chi connectivity index (χ3v) is 9.62. The number of hydrogen-bond donors (Lipinski definition) is 3. The summed E-state index contributed by atoms with van der Waals surface area (Å²) in [7, 11) is 0. The fraction of sp³-hybridized carbons (Fsp3) is 0.515. The van der Waals surface area contributed by atoms with Gasteiger partial charge in [0.05, 0.1) is 35.1 Å². The van der Waals surface area contributed by atoms with Gasteiger partial charge in [0.25, 0.3) is 5.56 Å². The van der Waals surface area contributed by atoms with Crippen LogP contribution in [0.4, 0.5) is 0 Å². The number of unbranched alkanes of at least 4 members (excludes halogenated alkanes) is 1. The quantitative estimate of drug-likeness (QED) is 0.200. The lowest BCUT2D eigenvalue weighted by molar-refractivity contribution is -0.172. The first-order valence-corrected chi connectivity index (χ1v) is 15.5. The molecule has 0 fully saturated rings. The number of fused-ring (bicyclic) bond motifs is 5. The second-order valence-corrected chi connectivity index (χ2v) is 12.5. The number of rotatable bonds is 9. The number of nitrogens with zero attached hydrogens (tertiary/aromatic N) is 3. The highest BCUT2D eigenvalue weighted by Gasteiger charge is 2.46. The monoisotopic (exact) mass is 587 g/mol. The molecule has 3 aliphatic rings. The van der Waals surface area contributed by atoms with Gasteiger partial charge in [0.2, 0.25) is 5.91 Å². The number of aliphatic hydroxyl groups is 1. The maximum atomic E-state index is 13.8. The van der Waals surface area contributed by atoms with Crippen molar-refractivity contribution in [1.29, 1.82) is 0 Å². The third-order valence-electron chi connectivity index (χ3n) is 9.62. The third kappa shape index (κ3) is 4.67. The summed E-state index contributed by atoms with van der Waals surface area (Å²) in [5, 5.41) is 12.4. The molecule has 1 amide bonds. The maximum Gasteiger partial charge on any atom is 0.343 e. The van der Waals surface area contributed by atoms with E-state index in [1.54, 1.807) is 17.6 Å². The van der Waals surface area contributed by atoms with Crippen LogP contribution in [0.5, 0.6) is 0 Å². The summed E-state index contributed by atoms with van der Waals surface area (Å²) in [5.74, 6) is -0.770. The van der Waals surface area contributed by atoms with Crippen LogP contribution in [0.2, 0.25) is 0 Å². The number of cyclic esters (lactones) is 1. The predicted octanol–water partition coefficient (Wildman–Crippen LogP) is 2.80. The van der Waals surface area contributed by atoms with Gasteiger partial charge in [-0.25, -0.2) is 9.78 Å². The number of aromatic nitrogens is 2. The second kappa shape index (κ2) is 11.2. The van der Waals surface area contributed by atoms with E-state index >= 15 is 0 Å². The molecule has 228 valence electrons. The van der Waals surface area contributed by atoms with Crippen molar-refractivity contribution in [2.24, 2.45) is 11.5 Å². The minimum atomic E-state index is -1.88. The summed E-state index contributed by atoms with van der Waals surface area (Å²) in [4.78, 5) is 47.0. The molecule has 5 N–H and O–H groups in total. The second-order valence-electron chi connectivity index (χ2n) is 12.5. The molecule has 10 nitrogen and oxygen atoms in total. The Kier molecular flexibility index (Phi) is 7.64. The highest BCUT2D eigenvalue weighted by atomic mass is 16.6. The molecule has 0 radical (unpaired) electrons. The first kappa shape index (κ1) is 29.5. The van der Waals surface area contributed by atoms with Crippen LogP contribution in [0.1, 0.15) is 86.6 Å². The van der Waals surface area contributed by atoms with Gasteiger partial charge in [-0.05, 0) is 75.8 Å². The van der Waals surface area contributed by atoms with Gasteiger partial charge in [-0.15, -0.1) is 0 Å². The zero-order valence-corrected chi connectivity index (χ0v) is 25.2. The number of carbonyl (C=O) groups is 2. The average Bonchev–Trinajstić information content (AvgIpc) is 3.37. The Hall–Kier alpha value is -3.60. The summed E-state index contributed by atoms with van der Waals surface area (Å²) in [6.45, 7) is 6.99. The van der Waals surface area contributed by atoms with Crippen molar-refractivity contribution in [2.75, 3.05) is 13.1 Å². The Morgan fingerprint density at radius 3 is 2.77 bits per heavy atom. The number of pyridine rings is 2. The Morgan fingerprint density at radius 2 is 2.05 bits per heavy atom. The normalized spacial score (nSPS) is 20.9. The van der Waals surface area contributed by atoms with E-state index in [9.17, 15) is 19.5 Å². The van der Waals surface area contributed by atoms with Gasteiger partial charge in [0.1, 0.15) is 6.61 Å². The van der Waals surface area contributed by atoms with Crippen LogP contribution in [0, 0.1) is 0 Å². The van der Waals surface area contributed by atoms with Gasteiger partial charge in [0.15, 0.2) is 5.60 Å². The molecule has 0 saturated carbocycles. The molecule has 0 saturated heterocycles. The molecule has 2 aromatic heterocycles. The number of aryl methyl sites for hydroxylation is 1. The van der Waals surface area contributed by atoms with Crippen LogP contribution in [0.15, 0.2) is 29.1 Å². The summed E-state index contributed by atoms with van der Waals surface area (Å²) in [6.07, 6.45) is 4.04.